The number of pyridine rings is 1. The molecule has 2 aromatic heterocycles. The number of carbonyl (C=O) groups excluding carboxylic acids is 1. The van der Waals surface area contributed by atoms with Gasteiger partial charge < -0.3 is 20.2 Å². The van der Waals surface area contributed by atoms with Crippen molar-refractivity contribution in [3.8, 4) is 11.4 Å². The first-order valence-corrected chi connectivity index (χ1v) is 9.03. The summed E-state index contributed by atoms with van der Waals surface area (Å²) in [5.41, 5.74) is 7.13. The number of aromatic amines is 1. The highest BCUT2D eigenvalue weighted by molar-refractivity contribution is 7.98. The van der Waals surface area contributed by atoms with E-state index in [2.05, 4.69) is 10.1 Å². The molecule has 136 valence electrons. The molecule has 8 nitrogen and oxygen atoms in total. The highest BCUT2D eigenvalue weighted by atomic mass is 32.2. The Morgan fingerprint density at radius 3 is 2.81 bits per heavy atom. The topological polar surface area (TPSA) is 112 Å². The summed E-state index contributed by atoms with van der Waals surface area (Å²) in [6.07, 6.45) is 1.79. The molecular weight excluding hydrogens is 356 g/mol. The Labute approximate surface area is 153 Å². The first-order valence-electron chi connectivity index (χ1n) is 7.81. The quantitative estimate of drug-likeness (QED) is 0.520. The molecule has 0 fully saturated rings. The number of benzene rings is 1. The molecule has 3 rings (SSSR count). The van der Waals surface area contributed by atoms with E-state index in [-0.39, 0.29) is 23.5 Å². The van der Waals surface area contributed by atoms with Gasteiger partial charge >= 0.3 is 5.97 Å². The number of aromatic nitrogens is 3. The van der Waals surface area contributed by atoms with Crippen molar-refractivity contribution in [2.75, 3.05) is 25.7 Å². The second-order valence-corrected chi connectivity index (χ2v) is 6.13. The maximum atomic E-state index is 12.3. The monoisotopic (exact) mass is 374 g/mol. The molecule has 3 aromatic rings. The van der Waals surface area contributed by atoms with Gasteiger partial charge in [-0.25, -0.2) is 9.48 Å². The largest absolute Gasteiger partial charge is 0.497 e. The van der Waals surface area contributed by atoms with Crippen molar-refractivity contribution in [1.82, 2.24) is 14.8 Å². The number of rotatable bonds is 5. The number of thioether (sulfide) groups is 1. The van der Waals surface area contributed by atoms with Gasteiger partial charge in [-0.3, -0.25) is 4.79 Å². The van der Waals surface area contributed by atoms with E-state index in [9.17, 15) is 9.59 Å². The number of fused-ring (bicyclic) bond motifs is 1. The number of nitrogen functional groups attached to an aromatic ring is 1. The number of methoxy groups -OCH3 is 1. The minimum atomic E-state index is -0.549. The van der Waals surface area contributed by atoms with Crippen molar-refractivity contribution in [1.29, 1.82) is 0 Å². The minimum absolute atomic E-state index is 0.113. The molecular formula is C17H18N4O4S. The minimum Gasteiger partial charge on any atom is -0.497 e. The Balaban J connectivity index is 2.30. The molecule has 0 atom stereocenters. The van der Waals surface area contributed by atoms with Gasteiger partial charge in [-0.05, 0) is 31.4 Å². The molecule has 0 aliphatic carbocycles. The fraction of sp³-hybridized carbons (Fsp3) is 0.235. The second kappa shape index (κ2) is 7.12. The molecule has 3 N–H and O–H groups in total. The summed E-state index contributed by atoms with van der Waals surface area (Å²) >= 11 is 1.27. The number of hydrogen-bond donors (Lipinski definition) is 2. The number of nitrogens with two attached hydrogens (primary N) is 1. The molecule has 0 bridgehead atoms. The summed E-state index contributed by atoms with van der Waals surface area (Å²) in [5, 5.41) is 5.52. The number of H-pyrrole nitrogens is 1. The van der Waals surface area contributed by atoms with Crippen LogP contribution >= 0.6 is 11.8 Å². The maximum absolute atomic E-state index is 12.3. The fourth-order valence-electron chi connectivity index (χ4n) is 2.65. The van der Waals surface area contributed by atoms with Crippen LogP contribution in [0.15, 0.2) is 34.1 Å². The van der Waals surface area contributed by atoms with Crippen molar-refractivity contribution < 1.29 is 14.3 Å². The van der Waals surface area contributed by atoms with Crippen LogP contribution in [-0.2, 0) is 4.74 Å². The molecule has 0 aliphatic rings. The van der Waals surface area contributed by atoms with Crippen LogP contribution in [0.4, 0.5) is 5.82 Å². The van der Waals surface area contributed by atoms with Crippen molar-refractivity contribution in [2.24, 2.45) is 0 Å². The van der Waals surface area contributed by atoms with Gasteiger partial charge in [0.25, 0.3) is 5.56 Å². The summed E-state index contributed by atoms with van der Waals surface area (Å²) in [6.45, 7) is 1.94. The van der Waals surface area contributed by atoms with Crippen molar-refractivity contribution in [3.63, 3.8) is 0 Å². The third-order valence-electron chi connectivity index (χ3n) is 3.82. The van der Waals surface area contributed by atoms with Crippen molar-refractivity contribution >= 4 is 34.5 Å². The smallest absolute Gasteiger partial charge is 0.344 e. The van der Waals surface area contributed by atoms with E-state index in [0.717, 1.165) is 0 Å². The zero-order valence-corrected chi connectivity index (χ0v) is 15.3. The summed E-state index contributed by atoms with van der Waals surface area (Å²) in [6, 6.07) is 6.63. The number of esters is 1. The lowest BCUT2D eigenvalue weighted by Gasteiger charge is -2.10. The van der Waals surface area contributed by atoms with Gasteiger partial charge in [-0.2, -0.15) is 5.10 Å². The highest BCUT2D eigenvalue weighted by Gasteiger charge is 2.24. The Kier molecular flexibility index (Phi) is 4.90. The van der Waals surface area contributed by atoms with Gasteiger partial charge in [0, 0.05) is 11.5 Å². The third kappa shape index (κ3) is 3.01. The van der Waals surface area contributed by atoms with Gasteiger partial charge in [-0.15, -0.1) is 11.8 Å². The van der Waals surface area contributed by atoms with Crippen LogP contribution < -0.4 is 16.0 Å². The number of nitrogens with zero attached hydrogens (tertiary/aromatic N) is 2. The van der Waals surface area contributed by atoms with Crippen LogP contribution in [0.1, 0.15) is 17.3 Å². The molecule has 0 spiro atoms. The number of carbonyl (C=O) groups is 1. The van der Waals surface area contributed by atoms with Crippen LogP contribution in [0.2, 0.25) is 0 Å². The Bertz CT molecular complexity index is 1040. The molecule has 2 heterocycles. The molecule has 0 unspecified atom stereocenters. The fourth-order valence-corrected chi connectivity index (χ4v) is 3.20. The molecule has 0 saturated carbocycles. The number of ether oxygens (including phenoxy) is 2. The zero-order chi connectivity index (χ0) is 18.8. The van der Waals surface area contributed by atoms with E-state index in [1.54, 1.807) is 38.5 Å². The summed E-state index contributed by atoms with van der Waals surface area (Å²) < 4.78 is 11.7. The van der Waals surface area contributed by atoms with E-state index in [1.807, 2.05) is 0 Å². The van der Waals surface area contributed by atoms with Gasteiger partial charge in [0.1, 0.15) is 22.2 Å². The zero-order valence-electron chi connectivity index (χ0n) is 14.5. The number of hydrogen-bond acceptors (Lipinski definition) is 7. The molecule has 26 heavy (non-hydrogen) atoms. The molecule has 1 aromatic carbocycles. The van der Waals surface area contributed by atoms with Crippen molar-refractivity contribution in [3.05, 3.63) is 40.2 Å². The summed E-state index contributed by atoms with van der Waals surface area (Å²) in [7, 11) is 1.56. The molecule has 0 radical (unpaired) electrons. The van der Waals surface area contributed by atoms with E-state index < -0.39 is 5.97 Å². The van der Waals surface area contributed by atoms with Gasteiger partial charge in [0.15, 0.2) is 0 Å². The first kappa shape index (κ1) is 17.9. The lowest BCUT2D eigenvalue weighted by Crippen LogP contribution is -2.12. The Morgan fingerprint density at radius 1 is 1.38 bits per heavy atom. The van der Waals surface area contributed by atoms with Gasteiger partial charge in [-0.1, -0.05) is 0 Å². The molecule has 0 aliphatic heterocycles. The van der Waals surface area contributed by atoms with Gasteiger partial charge in [0.05, 0.1) is 24.9 Å². The summed E-state index contributed by atoms with van der Waals surface area (Å²) in [5.74, 6) is 0.182. The van der Waals surface area contributed by atoms with Crippen LogP contribution in [0.5, 0.6) is 5.75 Å². The van der Waals surface area contributed by atoms with Crippen LogP contribution in [0, 0.1) is 0 Å². The molecule has 0 saturated heterocycles. The highest BCUT2D eigenvalue weighted by Crippen LogP contribution is 2.31. The predicted octanol–water partition coefficient (Wildman–Crippen LogP) is 2.20. The van der Waals surface area contributed by atoms with Crippen molar-refractivity contribution in [2.45, 2.75) is 11.9 Å². The van der Waals surface area contributed by atoms with E-state index in [4.69, 9.17) is 15.2 Å². The second-order valence-electron chi connectivity index (χ2n) is 5.33. The van der Waals surface area contributed by atoms with E-state index >= 15 is 0 Å². The molecule has 9 heteroatoms. The lowest BCUT2D eigenvalue weighted by molar-refractivity contribution is 0.0523. The predicted molar refractivity (Wildman–Crippen MR) is 100 cm³/mol. The SMILES string of the molecule is CCOC(=O)c1c(SC)nn(-c2cc(=O)[nH]c3ccc(OC)cc23)c1N. The van der Waals surface area contributed by atoms with Crippen LogP contribution in [-0.4, -0.2) is 40.7 Å². The normalized spacial score (nSPS) is 10.9. The number of nitrogens with one attached hydrogen (secondary N) is 1. The average Bonchev–Trinajstić information content (AvgIpc) is 2.97. The summed E-state index contributed by atoms with van der Waals surface area (Å²) in [4.78, 5) is 27.1. The van der Waals surface area contributed by atoms with Gasteiger partial charge in [0.2, 0.25) is 0 Å². The third-order valence-corrected chi connectivity index (χ3v) is 4.49. The van der Waals surface area contributed by atoms with E-state index in [0.29, 0.717) is 27.4 Å². The standard InChI is InChI=1S/C17H18N4O4S/c1-4-25-17(23)14-15(18)21(20-16(14)26-3)12-8-13(22)19-11-6-5-9(24-2)7-10(11)12/h5-8H,4,18H2,1-3H3,(H,19,22). The Morgan fingerprint density at radius 2 is 2.15 bits per heavy atom. The Hall–Kier alpha value is -2.94. The van der Waals surface area contributed by atoms with Crippen LogP contribution in [0.3, 0.4) is 0 Å². The lowest BCUT2D eigenvalue weighted by atomic mass is 10.1. The van der Waals surface area contributed by atoms with Crippen LogP contribution in [0.25, 0.3) is 16.6 Å². The molecule has 0 amide bonds. The average molecular weight is 374 g/mol. The van der Waals surface area contributed by atoms with E-state index in [1.165, 1.54) is 22.5 Å². The maximum Gasteiger partial charge on any atom is 0.344 e. The first-order chi connectivity index (χ1) is 12.5. The number of anilines is 1.